The molecule has 42 heavy (non-hydrogen) atoms. The average Bonchev–Trinajstić information content (AvgIpc) is 3.06. The van der Waals surface area contributed by atoms with Crippen LogP contribution in [-0.2, 0) is 0 Å². The summed E-state index contributed by atoms with van der Waals surface area (Å²) in [4.78, 5) is 9.90. The zero-order valence-electron chi connectivity index (χ0n) is 22.6. The molecule has 0 saturated carbocycles. The Labute approximate surface area is 241 Å². The fourth-order valence-electron chi connectivity index (χ4n) is 7.43. The van der Waals surface area contributed by atoms with Gasteiger partial charge in [-0.1, -0.05) is 121 Å². The first kappa shape index (κ1) is 22.1. The van der Waals surface area contributed by atoms with Crippen LogP contribution < -0.4 is 0 Å². The first-order valence-corrected chi connectivity index (χ1v) is 14.4. The molecule has 0 amide bonds. The third-order valence-electron chi connectivity index (χ3n) is 9.26. The predicted molar refractivity (Wildman–Crippen MR) is 178 cm³/mol. The summed E-state index contributed by atoms with van der Waals surface area (Å²) in [6.45, 7) is 0. The molecule has 10 aromatic rings. The van der Waals surface area contributed by atoms with Gasteiger partial charge < -0.3 is 0 Å². The van der Waals surface area contributed by atoms with Crippen LogP contribution in [0.2, 0.25) is 0 Å². The minimum absolute atomic E-state index is 0.927. The van der Waals surface area contributed by atoms with E-state index in [9.17, 15) is 0 Å². The van der Waals surface area contributed by atoms with Crippen LogP contribution in [0, 0.1) is 0 Å². The second kappa shape index (κ2) is 7.99. The maximum Gasteiger partial charge on any atom is 0.0971 e. The summed E-state index contributed by atoms with van der Waals surface area (Å²) in [7, 11) is 0. The Kier molecular flexibility index (Phi) is 4.21. The number of rotatable bonds is 2. The van der Waals surface area contributed by atoms with E-state index in [0.29, 0.717) is 0 Å². The number of hydrogen-bond acceptors (Lipinski definition) is 2. The van der Waals surface area contributed by atoms with Crippen LogP contribution in [0.15, 0.2) is 134 Å². The van der Waals surface area contributed by atoms with Crippen LogP contribution in [0.1, 0.15) is 0 Å². The molecule has 192 valence electrons. The Bertz CT molecular complexity index is 2470. The molecule has 0 spiro atoms. The maximum atomic E-state index is 4.95. The Morgan fingerprint density at radius 2 is 0.619 bits per heavy atom. The van der Waals surface area contributed by atoms with Gasteiger partial charge in [-0.25, -0.2) is 0 Å². The molecule has 0 aliphatic heterocycles. The van der Waals surface area contributed by atoms with E-state index < -0.39 is 0 Å². The number of nitrogens with zero attached hydrogens (tertiary/aromatic N) is 2. The minimum Gasteiger partial charge on any atom is -0.252 e. The van der Waals surface area contributed by atoms with Gasteiger partial charge in [-0.05, 0) is 75.8 Å². The van der Waals surface area contributed by atoms with Gasteiger partial charge in [0.25, 0.3) is 0 Å². The third kappa shape index (κ3) is 2.83. The van der Waals surface area contributed by atoms with Crippen LogP contribution in [0.3, 0.4) is 0 Å². The standard InChI is InChI=1S/C40H22N2/c1-3-23-7-9-27-11-15-29(31-17-13-25(5-1)35(23)37(27)31)33-19-20-34(40-39(33)41-21-22-42-40)30-16-12-28-10-8-24-4-2-6-26-14-18-32(30)38(28)36(24)26/h1-22H. The molecular weight excluding hydrogens is 508 g/mol. The summed E-state index contributed by atoms with van der Waals surface area (Å²) in [5, 5.41) is 15.4. The van der Waals surface area contributed by atoms with Crippen molar-refractivity contribution in [3.63, 3.8) is 0 Å². The van der Waals surface area contributed by atoms with Gasteiger partial charge in [-0.3, -0.25) is 9.97 Å². The van der Waals surface area contributed by atoms with E-state index in [1.165, 1.54) is 75.8 Å². The molecule has 0 fully saturated rings. The maximum absolute atomic E-state index is 4.95. The molecular formula is C40H22N2. The van der Waals surface area contributed by atoms with E-state index in [0.717, 1.165) is 22.2 Å². The quantitative estimate of drug-likeness (QED) is 0.208. The van der Waals surface area contributed by atoms with Crippen molar-refractivity contribution in [2.75, 3.05) is 0 Å². The molecule has 0 N–H and O–H groups in total. The summed E-state index contributed by atoms with van der Waals surface area (Å²) < 4.78 is 0. The lowest BCUT2D eigenvalue weighted by molar-refractivity contribution is 1.30. The average molecular weight is 531 g/mol. The van der Waals surface area contributed by atoms with E-state index in [2.05, 4.69) is 121 Å². The van der Waals surface area contributed by atoms with E-state index in [4.69, 9.17) is 9.97 Å². The Morgan fingerprint density at radius 1 is 0.286 bits per heavy atom. The molecule has 0 bridgehead atoms. The van der Waals surface area contributed by atoms with Crippen molar-refractivity contribution >= 4 is 75.7 Å². The van der Waals surface area contributed by atoms with E-state index >= 15 is 0 Å². The van der Waals surface area contributed by atoms with Crippen molar-refractivity contribution in [2.24, 2.45) is 0 Å². The Morgan fingerprint density at radius 3 is 1.05 bits per heavy atom. The third-order valence-corrected chi connectivity index (χ3v) is 9.26. The van der Waals surface area contributed by atoms with Crippen molar-refractivity contribution in [3.8, 4) is 22.3 Å². The fraction of sp³-hybridized carbons (Fsp3) is 0. The zero-order valence-corrected chi connectivity index (χ0v) is 22.6. The topological polar surface area (TPSA) is 25.8 Å². The van der Waals surface area contributed by atoms with Gasteiger partial charge in [0.05, 0.1) is 11.0 Å². The molecule has 2 nitrogen and oxygen atoms in total. The van der Waals surface area contributed by atoms with Crippen molar-refractivity contribution in [2.45, 2.75) is 0 Å². The van der Waals surface area contributed by atoms with Crippen LogP contribution in [0.5, 0.6) is 0 Å². The lowest BCUT2D eigenvalue weighted by atomic mass is 9.87. The van der Waals surface area contributed by atoms with Gasteiger partial charge in [0, 0.05) is 23.5 Å². The molecule has 10 rings (SSSR count). The molecule has 1 aromatic heterocycles. The van der Waals surface area contributed by atoms with Gasteiger partial charge in [0.2, 0.25) is 0 Å². The second-order valence-corrected chi connectivity index (χ2v) is 11.4. The van der Waals surface area contributed by atoms with Gasteiger partial charge in [0.15, 0.2) is 0 Å². The monoisotopic (exact) mass is 530 g/mol. The van der Waals surface area contributed by atoms with E-state index in [-0.39, 0.29) is 0 Å². The summed E-state index contributed by atoms with van der Waals surface area (Å²) in [5.41, 5.74) is 6.45. The zero-order chi connectivity index (χ0) is 27.4. The second-order valence-electron chi connectivity index (χ2n) is 11.4. The lowest BCUT2D eigenvalue weighted by Gasteiger charge is -2.17. The molecule has 0 atom stereocenters. The van der Waals surface area contributed by atoms with Gasteiger partial charge >= 0.3 is 0 Å². The number of hydrogen-bond donors (Lipinski definition) is 0. The van der Waals surface area contributed by atoms with Crippen LogP contribution in [0.4, 0.5) is 0 Å². The SMILES string of the molecule is c1cc2ccc3ccc(-c4ccc(-c5ccc6ccc7cccc8ccc5c6c78)c5nccnc45)c4ccc(c1)c2c34. The van der Waals surface area contributed by atoms with Gasteiger partial charge in [0.1, 0.15) is 0 Å². The van der Waals surface area contributed by atoms with Crippen molar-refractivity contribution in [3.05, 3.63) is 134 Å². The highest BCUT2D eigenvalue weighted by atomic mass is 14.8. The first-order valence-electron chi connectivity index (χ1n) is 14.4. The minimum atomic E-state index is 0.927. The molecule has 0 aliphatic rings. The Hall–Kier alpha value is -5.60. The Balaban J connectivity index is 1.27. The predicted octanol–water partition coefficient (Wildman–Crippen LogP) is 10.8. The highest BCUT2D eigenvalue weighted by Crippen LogP contribution is 2.44. The largest absolute Gasteiger partial charge is 0.252 e. The molecule has 0 unspecified atom stereocenters. The fourth-order valence-corrected chi connectivity index (χ4v) is 7.43. The molecule has 0 saturated heterocycles. The smallest absolute Gasteiger partial charge is 0.0971 e. The lowest BCUT2D eigenvalue weighted by Crippen LogP contribution is -1.94. The van der Waals surface area contributed by atoms with Crippen molar-refractivity contribution in [1.82, 2.24) is 9.97 Å². The summed E-state index contributed by atoms with van der Waals surface area (Å²) >= 11 is 0. The highest BCUT2D eigenvalue weighted by molar-refractivity contribution is 6.28. The van der Waals surface area contributed by atoms with Crippen LogP contribution in [0.25, 0.3) is 97.9 Å². The molecule has 9 aromatic carbocycles. The number of benzene rings is 9. The first-order chi connectivity index (χ1) is 20.8. The number of aromatic nitrogens is 2. The summed E-state index contributed by atoms with van der Waals surface area (Å²) in [6, 6.07) is 44.6. The van der Waals surface area contributed by atoms with Gasteiger partial charge in [-0.2, -0.15) is 0 Å². The van der Waals surface area contributed by atoms with Crippen LogP contribution >= 0.6 is 0 Å². The molecule has 0 radical (unpaired) electrons. The highest BCUT2D eigenvalue weighted by Gasteiger charge is 2.18. The normalized spacial score (nSPS) is 12.3. The number of fused-ring (bicyclic) bond motifs is 1. The molecule has 1 heterocycles. The van der Waals surface area contributed by atoms with E-state index in [1.807, 2.05) is 12.4 Å². The molecule has 2 heteroatoms. The summed E-state index contributed by atoms with van der Waals surface area (Å²) in [6.07, 6.45) is 3.63. The molecule has 0 aliphatic carbocycles. The van der Waals surface area contributed by atoms with Gasteiger partial charge in [-0.15, -0.1) is 0 Å². The van der Waals surface area contributed by atoms with Crippen molar-refractivity contribution in [1.29, 1.82) is 0 Å². The van der Waals surface area contributed by atoms with E-state index in [1.54, 1.807) is 0 Å². The van der Waals surface area contributed by atoms with Crippen molar-refractivity contribution < 1.29 is 0 Å². The summed E-state index contributed by atoms with van der Waals surface area (Å²) in [5.74, 6) is 0. The van der Waals surface area contributed by atoms with Crippen LogP contribution in [-0.4, -0.2) is 9.97 Å².